The summed E-state index contributed by atoms with van der Waals surface area (Å²) in [6.07, 6.45) is 9.68. The van der Waals surface area contributed by atoms with E-state index in [2.05, 4.69) is 21.8 Å². The van der Waals surface area contributed by atoms with Gasteiger partial charge in [-0.15, -0.1) is 0 Å². The first kappa shape index (κ1) is 20.4. The van der Waals surface area contributed by atoms with Gasteiger partial charge in [-0.1, -0.05) is 11.6 Å². The molecule has 0 spiro atoms. The number of hydrogen-bond acceptors (Lipinski definition) is 4. The van der Waals surface area contributed by atoms with Gasteiger partial charge in [0.05, 0.1) is 28.5 Å². The van der Waals surface area contributed by atoms with Gasteiger partial charge in [0.25, 0.3) is 0 Å². The Hall–Kier alpha value is -2.53. The number of hydrogen-bond donors (Lipinski definition) is 2. The minimum Gasteiger partial charge on any atom is -0.396 e. The van der Waals surface area contributed by atoms with Crippen molar-refractivity contribution >= 4 is 42.8 Å². The zero-order valence-electron chi connectivity index (χ0n) is 17.3. The molecule has 2 saturated carbocycles. The number of nitriles is 1. The molecular weight excluding hydrogens is 430 g/mol. The summed E-state index contributed by atoms with van der Waals surface area (Å²) in [5.74, 6) is 0. The number of nitrogen functional groups attached to an aromatic ring is 1. The number of aryl methyl sites for hydroxylation is 1. The van der Waals surface area contributed by atoms with E-state index in [1.807, 2.05) is 19.1 Å². The molecule has 0 aliphatic heterocycles. The summed E-state index contributed by atoms with van der Waals surface area (Å²) < 4.78 is 15.3. The maximum atomic E-state index is 13.1. The zero-order valence-corrected chi connectivity index (χ0v) is 18.8. The Balaban J connectivity index is 1.67. The first-order chi connectivity index (χ1) is 14.8. The fraction of sp³-hybridized carbons (Fsp3) is 0.348. The molecule has 2 aliphatic carbocycles. The molecule has 0 bridgehead atoms. The average Bonchev–Trinajstić information content (AvgIpc) is 3.39. The first-order valence-corrected chi connectivity index (χ1v) is 12.5. The highest BCUT2D eigenvalue weighted by Gasteiger charge is 2.36. The third kappa shape index (κ3) is 3.30. The van der Waals surface area contributed by atoms with Gasteiger partial charge in [0.2, 0.25) is 0 Å². The van der Waals surface area contributed by atoms with E-state index >= 15 is 0 Å². The van der Waals surface area contributed by atoms with Crippen molar-refractivity contribution in [2.75, 3.05) is 5.73 Å². The van der Waals surface area contributed by atoms with Crippen LogP contribution in [0, 0.1) is 18.3 Å². The minimum atomic E-state index is -2.37. The van der Waals surface area contributed by atoms with E-state index < -0.39 is 9.71 Å². The molecule has 2 unspecified atom stereocenters. The van der Waals surface area contributed by atoms with Crippen LogP contribution >= 0.6 is 11.6 Å². The molecule has 0 radical (unpaired) electrons. The Bertz CT molecular complexity index is 1390. The third-order valence-electron chi connectivity index (χ3n) is 6.65. The van der Waals surface area contributed by atoms with E-state index in [4.69, 9.17) is 22.5 Å². The maximum absolute atomic E-state index is 13.1. The van der Waals surface area contributed by atoms with Crippen molar-refractivity contribution in [3.63, 3.8) is 0 Å². The van der Waals surface area contributed by atoms with E-state index in [-0.39, 0.29) is 11.3 Å². The molecular formula is C23H24ClN5OS. The number of anilines is 1. The molecule has 3 aromatic rings. The summed E-state index contributed by atoms with van der Waals surface area (Å²) in [5, 5.41) is 17.3. The van der Waals surface area contributed by atoms with Crippen molar-refractivity contribution in [2.45, 2.75) is 50.3 Å². The van der Waals surface area contributed by atoms with Crippen LogP contribution in [0.4, 0.5) is 5.69 Å². The fourth-order valence-corrected chi connectivity index (χ4v) is 7.19. The second kappa shape index (κ2) is 7.27. The van der Waals surface area contributed by atoms with Gasteiger partial charge < -0.3 is 10.3 Å². The molecule has 3 atom stereocenters. The highest BCUT2D eigenvalue weighted by molar-refractivity contribution is 8.01. The summed E-state index contributed by atoms with van der Waals surface area (Å²) >= 11 is 6.53. The number of pyridine rings is 1. The normalized spacial score (nSPS) is 22.5. The standard InChI is InChI=1S/C23H24ClN5OS/c1-13-6-22-18(7-14(13)9-25)20(19-10-28-11-21(26)23(19)24)12-29(22)15-2-3-17(8-15)31(27,30)16-4-5-16/h6-7,10-12,15,17H,2-5,8,26H2,1H3,(H2,27,30)/t15-,17?,31?/m1/s1. The topological polar surface area (TPSA) is 111 Å². The van der Waals surface area contributed by atoms with E-state index in [0.717, 1.165) is 64.6 Å². The average molecular weight is 454 g/mol. The fourth-order valence-electron chi connectivity index (χ4n) is 4.78. The van der Waals surface area contributed by atoms with Crippen LogP contribution < -0.4 is 10.9 Å². The lowest BCUT2D eigenvalue weighted by atomic mass is 10.0. The van der Waals surface area contributed by atoms with Crippen LogP contribution in [0.3, 0.4) is 0 Å². The number of halogens is 1. The van der Waals surface area contributed by atoms with Gasteiger partial charge in [0.1, 0.15) is 0 Å². The predicted octanol–water partition coefficient (Wildman–Crippen LogP) is 4.34. The summed E-state index contributed by atoms with van der Waals surface area (Å²) in [6.45, 7) is 1.94. The second-order valence-electron chi connectivity index (χ2n) is 8.61. The van der Waals surface area contributed by atoms with Crippen LogP contribution in [-0.4, -0.2) is 23.9 Å². The van der Waals surface area contributed by atoms with Crippen molar-refractivity contribution in [1.82, 2.24) is 9.55 Å². The molecule has 2 aliphatic rings. The van der Waals surface area contributed by atoms with E-state index in [0.29, 0.717) is 16.3 Å². The van der Waals surface area contributed by atoms with Gasteiger partial charge in [-0.3, -0.25) is 14.3 Å². The molecule has 2 fully saturated rings. The summed E-state index contributed by atoms with van der Waals surface area (Å²) in [5.41, 5.74) is 10.6. The molecule has 4 N–H and O–H groups in total. The van der Waals surface area contributed by atoms with Gasteiger partial charge in [0.15, 0.2) is 0 Å². The molecule has 1 aromatic carbocycles. The molecule has 8 heteroatoms. The summed E-state index contributed by atoms with van der Waals surface area (Å²) in [7, 11) is -2.37. The number of aromatic nitrogens is 2. The van der Waals surface area contributed by atoms with Crippen LogP contribution in [0.2, 0.25) is 5.02 Å². The lowest BCUT2D eigenvalue weighted by Gasteiger charge is -2.17. The lowest BCUT2D eigenvalue weighted by molar-refractivity contribution is 0.535. The maximum Gasteiger partial charge on any atom is 0.0994 e. The Morgan fingerprint density at radius 2 is 2.03 bits per heavy atom. The molecule has 31 heavy (non-hydrogen) atoms. The third-order valence-corrected chi connectivity index (χ3v) is 9.80. The smallest absolute Gasteiger partial charge is 0.0994 e. The van der Waals surface area contributed by atoms with Crippen LogP contribution in [0.15, 0.2) is 30.7 Å². The van der Waals surface area contributed by atoms with E-state index in [1.165, 1.54) is 6.20 Å². The first-order valence-electron chi connectivity index (χ1n) is 10.4. The molecule has 2 heterocycles. The largest absolute Gasteiger partial charge is 0.396 e. The summed E-state index contributed by atoms with van der Waals surface area (Å²) in [4.78, 5) is 5.27. The Morgan fingerprint density at radius 1 is 1.26 bits per heavy atom. The number of nitrogens with two attached hydrogens (primary N) is 2. The van der Waals surface area contributed by atoms with Gasteiger partial charge >= 0.3 is 0 Å². The highest BCUT2D eigenvalue weighted by Crippen LogP contribution is 2.43. The van der Waals surface area contributed by atoms with Gasteiger partial charge in [-0.05, 0) is 61.6 Å². The van der Waals surface area contributed by atoms with Gasteiger partial charge in [-0.2, -0.15) is 5.26 Å². The van der Waals surface area contributed by atoms with Crippen molar-refractivity contribution in [3.05, 3.63) is 46.9 Å². The van der Waals surface area contributed by atoms with Crippen molar-refractivity contribution < 1.29 is 4.21 Å². The highest BCUT2D eigenvalue weighted by atomic mass is 35.5. The SMILES string of the molecule is Cc1cc2c(cc1C#N)c(-c1cncc(N)c1Cl)cn2[C@@H]1CCC(S(N)(=O)=C2CC2)C1. The van der Waals surface area contributed by atoms with E-state index in [1.54, 1.807) is 6.20 Å². The van der Waals surface area contributed by atoms with Crippen LogP contribution in [0.25, 0.3) is 22.0 Å². The Morgan fingerprint density at radius 3 is 2.74 bits per heavy atom. The second-order valence-corrected chi connectivity index (χ2v) is 11.5. The van der Waals surface area contributed by atoms with Crippen LogP contribution in [-0.2, 0) is 9.71 Å². The molecule has 6 nitrogen and oxygen atoms in total. The van der Waals surface area contributed by atoms with Gasteiger partial charge in [0, 0.05) is 55.4 Å². The monoisotopic (exact) mass is 453 g/mol. The summed E-state index contributed by atoms with van der Waals surface area (Å²) in [6, 6.07) is 6.42. The number of benzene rings is 1. The number of fused-ring (bicyclic) bond motifs is 1. The van der Waals surface area contributed by atoms with Crippen LogP contribution in [0.1, 0.15) is 49.3 Å². The molecule has 2 aromatic heterocycles. The van der Waals surface area contributed by atoms with Gasteiger partial charge in [-0.25, -0.2) is 0 Å². The molecule has 160 valence electrons. The predicted molar refractivity (Wildman–Crippen MR) is 127 cm³/mol. The molecule has 0 amide bonds. The zero-order chi connectivity index (χ0) is 21.9. The Kier molecular flexibility index (Phi) is 4.78. The Labute approximate surface area is 187 Å². The minimum absolute atomic E-state index is 0.0213. The lowest BCUT2D eigenvalue weighted by Crippen LogP contribution is -2.29. The molecule has 0 saturated heterocycles. The van der Waals surface area contributed by atoms with Crippen molar-refractivity contribution in [1.29, 1.82) is 5.26 Å². The van der Waals surface area contributed by atoms with Crippen LogP contribution in [0.5, 0.6) is 0 Å². The van der Waals surface area contributed by atoms with E-state index in [9.17, 15) is 9.47 Å². The number of nitrogens with zero attached hydrogens (tertiary/aromatic N) is 3. The number of rotatable bonds is 3. The van der Waals surface area contributed by atoms with Crippen molar-refractivity contribution in [3.8, 4) is 17.2 Å². The quantitative estimate of drug-likeness (QED) is 0.574. The molecule has 5 rings (SSSR count). The van der Waals surface area contributed by atoms with Crippen molar-refractivity contribution in [2.24, 2.45) is 5.14 Å².